The Morgan fingerprint density at radius 1 is 1.39 bits per heavy atom. The van der Waals surface area contributed by atoms with Crippen LogP contribution in [0.15, 0.2) is 18.5 Å². The van der Waals surface area contributed by atoms with Crippen molar-refractivity contribution in [1.29, 1.82) is 0 Å². The molecule has 0 aromatic carbocycles. The van der Waals surface area contributed by atoms with Gasteiger partial charge in [-0.25, -0.2) is 0 Å². The number of nitrogens with zero attached hydrogens (tertiary/aromatic N) is 1. The maximum absolute atomic E-state index is 6.03. The Bertz CT molecular complexity index is 403. The van der Waals surface area contributed by atoms with Crippen LogP contribution in [0.25, 0.3) is 0 Å². The van der Waals surface area contributed by atoms with Crippen molar-refractivity contribution in [2.75, 3.05) is 13.2 Å². The molecule has 98 valence electrons. The Morgan fingerprint density at radius 3 is 3.06 bits per heavy atom. The molecule has 1 N–H and O–H groups in total. The van der Waals surface area contributed by atoms with Gasteiger partial charge in [0, 0.05) is 43.1 Å². The van der Waals surface area contributed by atoms with Crippen molar-refractivity contribution in [3.8, 4) is 0 Å². The predicted octanol–water partition coefficient (Wildman–Crippen LogP) is 2.61. The summed E-state index contributed by atoms with van der Waals surface area (Å²) < 4.78 is 6.03. The molecule has 3 rings (SSSR count). The summed E-state index contributed by atoms with van der Waals surface area (Å²) in [5, 5.41) is 3.65. The van der Waals surface area contributed by atoms with E-state index in [0.29, 0.717) is 5.92 Å². The molecule has 1 aliphatic carbocycles. The molecular weight excluding hydrogens is 224 g/mol. The highest BCUT2D eigenvalue weighted by Crippen LogP contribution is 2.35. The van der Waals surface area contributed by atoms with Crippen LogP contribution in [-0.2, 0) is 4.74 Å². The maximum atomic E-state index is 6.03. The quantitative estimate of drug-likeness (QED) is 0.886. The van der Waals surface area contributed by atoms with Crippen LogP contribution < -0.4 is 5.32 Å². The van der Waals surface area contributed by atoms with Gasteiger partial charge in [0.25, 0.3) is 0 Å². The molecule has 0 radical (unpaired) electrons. The molecule has 1 aromatic rings. The third-order valence-electron chi connectivity index (χ3n) is 4.08. The lowest BCUT2D eigenvalue weighted by Crippen LogP contribution is -2.33. The number of rotatable bonds is 4. The summed E-state index contributed by atoms with van der Waals surface area (Å²) in [7, 11) is 0. The number of pyridine rings is 1. The lowest BCUT2D eigenvalue weighted by molar-refractivity contribution is -0.0283. The van der Waals surface area contributed by atoms with Gasteiger partial charge in [-0.2, -0.15) is 0 Å². The first-order chi connectivity index (χ1) is 8.84. The fraction of sp³-hybridized carbons (Fsp3) is 0.667. The van der Waals surface area contributed by atoms with Crippen molar-refractivity contribution < 1.29 is 4.74 Å². The van der Waals surface area contributed by atoms with Gasteiger partial charge in [0.15, 0.2) is 0 Å². The minimum atomic E-state index is 0.235. The largest absolute Gasteiger partial charge is 0.373 e. The summed E-state index contributed by atoms with van der Waals surface area (Å²) in [4.78, 5) is 4.26. The molecular formula is C15H22N2O. The Kier molecular flexibility index (Phi) is 3.62. The molecule has 3 nitrogen and oxygen atoms in total. The van der Waals surface area contributed by atoms with Gasteiger partial charge in [0.1, 0.15) is 0 Å². The second-order valence-electron chi connectivity index (χ2n) is 5.61. The van der Waals surface area contributed by atoms with Gasteiger partial charge in [-0.3, -0.25) is 4.98 Å². The molecule has 2 fully saturated rings. The number of ether oxygens (including phenoxy) is 1. The maximum Gasteiger partial charge on any atom is 0.0882 e. The van der Waals surface area contributed by atoms with E-state index >= 15 is 0 Å². The van der Waals surface area contributed by atoms with Crippen LogP contribution in [0.1, 0.15) is 42.9 Å². The Labute approximate surface area is 109 Å². The first-order valence-corrected chi connectivity index (χ1v) is 7.10. The zero-order valence-electron chi connectivity index (χ0n) is 11.1. The topological polar surface area (TPSA) is 34.1 Å². The Hall–Kier alpha value is -0.930. The van der Waals surface area contributed by atoms with Gasteiger partial charge < -0.3 is 10.1 Å². The van der Waals surface area contributed by atoms with Gasteiger partial charge >= 0.3 is 0 Å². The second-order valence-corrected chi connectivity index (χ2v) is 5.61. The summed E-state index contributed by atoms with van der Waals surface area (Å²) in [6, 6.07) is 2.86. The third-order valence-corrected chi connectivity index (χ3v) is 4.08. The van der Waals surface area contributed by atoms with Gasteiger partial charge in [-0.1, -0.05) is 0 Å². The van der Waals surface area contributed by atoms with Crippen molar-refractivity contribution >= 4 is 0 Å². The summed E-state index contributed by atoms with van der Waals surface area (Å²) in [5.41, 5.74) is 2.58. The molecule has 2 aliphatic rings. The molecule has 0 spiro atoms. The number of hydrogen-bond acceptors (Lipinski definition) is 3. The molecule has 1 saturated carbocycles. The summed E-state index contributed by atoms with van der Waals surface area (Å²) in [5.74, 6) is 0.599. The van der Waals surface area contributed by atoms with E-state index in [1.165, 1.54) is 36.8 Å². The van der Waals surface area contributed by atoms with Crippen LogP contribution in [0.4, 0.5) is 0 Å². The molecule has 2 heterocycles. The van der Waals surface area contributed by atoms with Gasteiger partial charge in [0.2, 0.25) is 0 Å². The van der Waals surface area contributed by atoms with Crippen LogP contribution in [0, 0.1) is 12.8 Å². The van der Waals surface area contributed by atoms with Gasteiger partial charge in [0.05, 0.1) is 6.10 Å². The average Bonchev–Trinajstić information content (AvgIpc) is 3.22. The zero-order chi connectivity index (χ0) is 12.4. The molecule has 2 atom stereocenters. The molecule has 18 heavy (non-hydrogen) atoms. The highest BCUT2D eigenvalue weighted by Gasteiger charge is 2.30. The normalized spacial score (nSPS) is 28.3. The SMILES string of the molecule is Cc1ccncc1C1OCCCC1CNC1CC1. The van der Waals surface area contributed by atoms with E-state index < -0.39 is 0 Å². The standard InChI is InChI=1S/C15H22N2O/c1-11-6-7-16-10-14(11)15-12(3-2-8-18-15)9-17-13-4-5-13/h6-7,10,12-13,15,17H,2-5,8-9H2,1H3. The lowest BCUT2D eigenvalue weighted by atomic mass is 9.88. The molecule has 1 aromatic heterocycles. The van der Waals surface area contributed by atoms with E-state index in [1.807, 2.05) is 12.4 Å². The smallest absolute Gasteiger partial charge is 0.0882 e. The fourth-order valence-electron chi connectivity index (χ4n) is 2.78. The number of aromatic nitrogens is 1. The third kappa shape index (κ3) is 2.73. The van der Waals surface area contributed by atoms with Crippen molar-refractivity contribution in [2.24, 2.45) is 5.92 Å². The minimum absolute atomic E-state index is 0.235. The van der Waals surface area contributed by atoms with E-state index in [1.54, 1.807) is 0 Å². The van der Waals surface area contributed by atoms with Gasteiger partial charge in [-0.15, -0.1) is 0 Å². The van der Waals surface area contributed by atoms with E-state index in [-0.39, 0.29) is 6.10 Å². The number of nitrogens with one attached hydrogen (secondary N) is 1. The van der Waals surface area contributed by atoms with Crippen LogP contribution in [0.2, 0.25) is 0 Å². The molecule has 2 unspecified atom stereocenters. The first-order valence-electron chi connectivity index (χ1n) is 7.10. The van der Waals surface area contributed by atoms with Crippen molar-refractivity contribution in [1.82, 2.24) is 10.3 Å². The van der Waals surface area contributed by atoms with E-state index in [2.05, 4.69) is 23.3 Å². The summed E-state index contributed by atoms with van der Waals surface area (Å²) >= 11 is 0. The Balaban J connectivity index is 1.71. The fourth-order valence-corrected chi connectivity index (χ4v) is 2.78. The molecule has 0 amide bonds. The summed E-state index contributed by atoms with van der Waals surface area (Å²) in [6.07, 6.45) is 9.23. The molecule has 1 aliphatic heterocycles. The Morgan fingerprint density at radius 2 is 2.28 bits per heavy atom. The molecule has 1 saturated heterocycles. The predicted molar refractivity (Wildman–Crippen MR) is 71.4 cm³/mol. The highest BCUT2D eigenvalue weighted by molar-refractivity contribution is 5.25. The van der Waals surface area contributed by atoms with Crippen LogP contribution in [-0.4, -0.2) is 24.2 Å². The summed E-state index contributed by atoms with van der Waals surface area (Å²) in [6.45, 7) is 4.13. The molecule has 3 heteroatoms. The van der Waals surface area contributed by atoms with Gasteiger partial charge in [-0.05, 0) is 44.2 Å². The number of hydrogen-bond donors (Lipinski definition) is 1. The van der Waals surface area contributed by atoms with E-state index in [9.17, 15) is 0 Å². The van der Waals surface area contributed by atoms with E-state index in [0.717, 1.165) is 19.2 Å². The minimum Gasteiger partial charge on any atom is -0.373 e. The van der Waals surface area contributed by atoms with Crippen LogP contribution in [0.5, 0.6) is 0 Å². The number of aryl methyl sites for hydroxylation is 1. The first kappa shape index (κ1) is 12.1. The lowest BCUT2D eigenvalue weighted by Gasteiger charge is -2.33. The average molecular weight is 246 g/mol. The molecule has 0 bridgehead atoms. The monoisotopic (exact) mass is 246 g/mol. The van der Waals surface area contributed by atoms with Crippen molar-refractivity contribution in [2.45, 2.75) is 44.8 Å². The zero-order valence-corrected chi connectivity index (χ0v) is 11.1. The second kappa shape index (κ2) is 5.37. The van der Waals surface area contributed by atoms with Crippen LogP contribution in [0.3, 0.4) is 0 Å². The van der Waals surface area contributed by atoms with Crippen molar-refractivity contribution in [3.05, 3.63) is 29.6 Å². The van der Waals surface area contributed by atoms with E-state index in [4.69, 9.17) is 4.74 Å². The van der Waals surface area contributed by atoms with Crippen molar-refractivity contribution in [3.63, 3.8) is 0 Å². The van der Waals surface area contributed by atoms with Crippen LogP contribution >= 0.6 is 0 Å². The highest BCUT2D eigenvalue weighted by atomic mass is 16.5.